The van der Waals surface area contributed by atoms with Crippen molar-refractivity contribution >= 4 is 12.0 Å². The summed E-state index contributed by atoms with van der Waals surface area (Å²) in [5, 5.41) is 11.5. The van der Waals surface area contributed by atoms with Crippen molar-refractivity contribution in [1.29, 1.82) is 0 Å². The van der Waals surface area contributed by atoms with Gasteiger partial charge in [-0.1, -0.05) is 77.6 Å². The molecule has 3 nitrogen and oxygen atoms in total. The largest absolute Gasteiger partial charge is 0.411 e. The Balaban J connectivity index is 3.29. The Morgan fingerprint density at radius 1 is 0.950 bits per heavy atom. The summed E-state index contributed by atoms with van der Waals surface area (Å²) in [4.78, 5) is 11.2. The number of hydrogen-bond acceptors (Lipinski definition) is 3. The lowest BCUT2D eigenvalue weighted by Crippen LogP contribution is -2.12. The van der Waals surface area contributed by atoms with Crippen molar-refractivity contribution in [2.75, 3.05) is 0 Å². The van der Waals surface area contributed by atoms with Crippen molar-refractivity contribution in [3.8, 4) is 0 Å². The number of hydrogen-bond donors (Lipinski definition) is 1. The van der Waals surface area contributed by atoms with E-state index < -0.39 is 0 Å². The first-order valence-corrected chi connectivity index (χ1v) is 8.40. The number of unbranched alkanes of at least 4 members (excludes halogenated alkanes) is 10. The monoisotopic (exact) mass is 283 g/mol. The zero-order valence-electron chi connectivity index (χ0n) is 13.4. The molecule has 0 saturated carbocycles. The fraction of sp³-hybridized carbons (Fsp3) is 0.882. The quantitative estimate of drug-likeness (QED) is 0.202. The molecule has 0 aromatic heterocycles. The first kappa shape index (κ1) is 19.1. The van der Waals surface area contributed by atoms with Crippen LogP contribution < -0.4 is 0 Å². The van der Waals surface area contributed by atoms with E-state index in [-0.39, 0.29) is 11.7 Å². The molecule has 1 atom stereocenters. The summed E-state index contributed by atoms with van der Waals surface area (Å²) in [6.07, 6.45) is 16.6. The fourth-order valence-corrected chi connectivity index (χ4v) is 2.49. The lowest BCUT2D eigenvalue weighted by atomic mass is 9.98. The molecule has 0 heterocycles. The van der Waals surface area contributed by atoms with Crippen LogP contribution in [0.2, 0.25) is 0 Å². The topological polar surface area (TPSA) is 49.7 Å². The van der Waals surface area contributed by atoms with Gasteiger partial charge in [0.15, 0.2) is 0 Å². The third-order valence-corrected chi connectivity index (χ3v) is 3.89. The molecular formula is C17H33NO2. The van der Waals surface area contributed by atoms with E-state index in [1.165, 1.54) is 70.4 Å². The lowest BCUT2D eigenvalue weighted by molar-refractivity contribution is -0.118. The minimum atomic E-state index is -0.196. The van der Waals surface area contributed by atoms with Crippen LogP contribution in [0.3, 0.4) is 0 Å². The molecule has 1 unspecified atom stereocenters. The fourth-order valence-electron chi connectivity index (χ4n) is 2.49. The maximum absolute atomic E-state index is 11.2. The Labute approximate surface area is 124 Å². The summed E-state index contributed by atoms with van der Waals surface area (Å²) in [6.45, 7) is 3.81. The molecule has 0 fully saturated rings. The summed E-state index contributed by atoms with van der Waals surface area (Å²) >= 11 is 0. The van der Waals surface area contributed by atoms with Crippen LogP contribution in [-0.4, -0.2) is 17.2 Å². The molecule has 0 aliphatic rings. The molecule has 0 radical (unpaired) electrons. The van der Waals surface area contributed by atoms with E-state index in [1.807, 2.05) is 0 Å². The highest BCUT2D eigenvalue weighted by atomic mass is 16.4. The van der Waals surface area contributed by atoms with Crippen LogP contribution >= 0.6 is 0 Å². The van der Waals surface area contributed by atoms with Gasteiger partial charge in [0.25, 0.3) is 0 Å². The number of carbonyl (C=O) groups excluding carboxylic acids is 1. The Morgan fingerprint density at radius 2 is 1.40 bits per heavy atom. The molecule has 0 aliphatic carbocycles. The zero-order chi connectivity index (χ0) is 15.1. The van der Waals surface area contributed by atoms with Crippen molar-refractivity contribution in [3.63, 3.8) is 0 Å². The predicted molar refractivity (Wildman–Crippen MR) is 85.5 cm³/mol. The highest BCUT2D eigenvalue weighted by Crippen LogP contribution is 2.14. The van der Waals surface area contributed by atoms with Crippen LogP contribution in [0.5, 0.6) is 0 Å². The molecular weight excluding hydrogens is 250 g/mol. The summed E-state index contributed by atoms with van der Waals surface area (Å²) < 4.78 is 0. The van der Waals surface area contributed by atoms with Gasteiger partial charge < -0.3 is 5.21 Å². The maximum atomic E-state index is 11.2. The molecule has 0 rings (SSSR count). The van der Waals surface area contributed by atoms with Crippen molar-refractivity contribution < 1.29 is 10.0 Å². The molecule has 0 amide bonds. The maximum Gasteiger partial charge on any atom is 0.138 e. The van der Waals surface area contributed by atoms with E-state index in [4.69, 9.17) is 5.21 Å². The van der Waals surface area contributed by atoms with Gasteiger partial charge in [0.05, 0.1) is 12.1 Å². The smallest absolute Gasteiger partial charge is 0.138 e. The average molecular weight is 283 g/mol. The van der Waals surface area contributed by atoms with Crippen LogP contribution in [0, 0.1) is 5.92 Å². The number of ketones is 1. The van der Waals surface area contributed by atoms with Gasteiger partial charge >= 0.3 is 0 Å². The molecule has 20 heavy (non-hydrogen) atoms. The first-order chi connectivity index (χ1) is 9.72. The van der Waals surface area contributed by atoms with Gasteiger partial charge in [-0.05, 0) is 13.3 Å². The minimum Gasteiger partial charge on any atom is -0.411 e. The molecule has 0 aliphatic heterocycles. The highest BCUT2D eigenvalue weighted by molar-refractivity contribution is 5.92. The Morgan fingerprint density at radius 3 is 1.80 bits per heavy atom. The standard InChI is InChI=1S/C17H33NO2/c1-3-4-5-6-7-8-9-10-11-12-13-14-17(15-18-20)16(2)19/h15,17,20H,3-14H2,1-2H3. The van der Waals surface area contributed by atoms with Crippen LogP contribution in [0.4, 0.5) is 0 Å². The van der Waals surface area contributed by atoms with E-state index >= 15 is 0 Å². The van der Waals surface area contributed by atoms with E-state index in [0.29, 0.717) is 0 Å². The second kappa shape index (κ2) is 14.5. The van der Waals surface area contributed by atoms with Gasteiger partial charge in [-0.25, -0.2) is 0 Å². The van der Waals surface area contributed by atoms with Gasteiger partial charge in [-0.2, -0.15) is 0 Å². The Hall–Kier alpha value is -0.860. The van der Waals surface area contributed by atoms with Crippen molar-refractivity contribution in [3.05, 3.63) is 0 Å². The van der Waals surface area contributed by atoms with Crippen LogP contribution in [0.25, 0.3) is 0 Å². The van der Waals surface area contributed by atoms with Gasteiger partial charge in [0.1, 0.15) is 5.78 Å². The second-order valence-electron chi connectivity index (χ2n) is 5.81. The Kier molecular flexibility index (Phi) is 13.9. The Bertz CT molecular complexity index is 251. The highest BCUT2D eigenvalue weighted by Gasteiger charge is 2.10. The summed E-state index contributed by atoms with van der Waals surface area (Å²) in [7, 11) is 0. The van der Waals surface area contributed by atoms with Crippen molar-refractivity contribution in [2.45, 2.75) is 90.9 Å². The van der Waals surface area contributed by atoms with Gasteiger partial charge in [-0.3, -0.25) is 4.79 Å². The molecule has 0 spiro atoms. The van der Waals surface area contributed by atoms with Crippen LogP contribution in [-0.2, 0) is 4.79 Å². The summed E-state index contributed by atoms with van der Waals surface area (Å²) in [5.41, 5.74) is 0. The van der Waals surface area contributed by atoms with Gasteiger partial charge in [0, 0.05) is 0 Å². The normalized spacial score (nSPS) is 12.9. The first-order valence-electron chi connectivity index (χ1n) is 8.40. The molecule has 0 aromatic carbocycles. The molecule has 0 saturated heterocycles. The summed E-state index contributed by atoms with van der Waals surface area (Å²) in [6, 6.07) is 0. The second-order valence-corrected chi connectivity index (χ2v) is 5.81. The number of nitrogens with zero attached hydrogens (tertiary/aromatic N) is 1. The summed E-state index contributed by atoms with van der Waals surface area (Å²) in [5.74, 6) is -0.103. The van der Waals surface area contributed by atoms with Gasteiger partial charge in [0.2, 0.25) is 0 Å². The van der Waals surface area contributed by atoms with Crippen LogP contribution in [0.15, 0.2) is 5.16 Å². The van der Waals surface area contributed by atoms with Crippen molar-refractivity contribution in [1.82, 2.24) is 0 Å². The van der Waals surface area contributed by atoms with Crippen LogP contribution in [0.1, 0.15) is 90.9 Å². The predicted octanol–water partition coefficient (Wildman–Crippen LogP) is 5.35. The zero-order valence-corrected chi connectivity index (χ0v) is 13.4. The minimum absolute atomic E-state index is 0.0925. The molecule has 1 N–H and O–H groups in total. The molecule has 3 heteroatoms. The molecule has 0 aromatic rings. The van der Waals surface area contributed by atoms with E-state index in [1.54, 1.807) is 6.92 Å². The molecule has 118 valence electrons. The van der Waals surface area contributed by atoms with E-state index in [0.717, 1.165) is 12.8 Å². The number of carbonyl (C=O) groups is 1. The van der Waals surface area contributed by atoms with Gasteiger partial charge in [-0.15, -0.1) is 5.16 Å². The van der Waals surface area contributed by atoms with E-state index in [9.17, 15) is 4.79 Å². The number of Topliss-reactive ketones (excluding diaryl/α,β-unsaturated/α-hetero) is 1. The SMILES string of the molecule is CCCCCCCCCCCCCC(C=NO)C(C)=O. The lowest BCUT2D eigenvalue weighted by Gasteiger charge is -2.07. The third kappa shape index (κ3) is 12.2. The number of oxime groups is 1. The average Bonchev–Trinajstić information content (AvgIpc) is 2.43. The third-order valence-electron chi connectivity index (χ3n) is 3.89. The molecule has 0 bridgehead atoms. The van der Waals surface area contributed by atoms with Crippen molar-refractivity contribution in [2.24, 2.45) is 11.1 Å². The number of rotatable bonds is 14. The van der Waals surface area contributed by atoms with E-state index in [2.05, 4.69) is 12.1 Å².